The summed E-state index contributed by atoms with van der Waals surface area (Å²) in [7, 11) is 0. The number of rotatable bonds is 6. The molecule has 282 valence electrons. The molecule has 4 aromatic carbocycles. The van der Waals surface area contributed by atoms with Crippen LogP contribution in [0.4, 0.5) is 0 Å². The van der Waals surface area contributed by atoms with Crippen LogP contribution in [0.15, 0.2) is 175 Å². The van der Waals surface area contributed by atoms with Gasteiger partial charge in [0, 0.05) is 0 Å². The van der Waals surface area contributed by atoms with Crippen molar-refractivity contribution in [1.82, 2.24) is 9.97 Å². The van der Waals surface area contributed by atoms with Crippen molar-refractivity contribution in [2.24, 2.45) is 11.8 Å². The van der Waals surface area contributed by atoms with E-state index in [2.05, 4.69) is 149 Å². The molecule has 0 bridgehead atoms. The zero-order chi connectivity index (χ0) is 38.2. The molecule has 0 N–H and O–H groups in total. The van der Waals surface area contributed by atoms with Crippen LogP contribution in [0.2, 0.25) is 0 Å². The van der Waals surface area contributed by atoms with Crippen molar-refractivity contribution in [3.8, 4) is 0 Å². The third-order valence-electron chi connectivity index (χ3n) is 12.0. The topological polar surface area (TPSA) is 25.8 Å². The van der Waals surface area contributed by atoms with Gasteiger partial charge in [-0.25, -0.2) is 0 Å². The summed E-state index contributed by atoms with van der Waals surface area (Å²) in [6, 6.07) is 43.2. The second kappa shape index (κ2) is 16.0. The molecule has 0 fully saturated rings. The summed E-state index contributed by atoms with van der Waals surface area (Å²) in [5, 5.41) is 2.27. The maximum absolute atomic E-state index is 6.56. The number of thiocarbonyl (C=S) groups is 2. The Hall–Kier alpha value is -4.35. The van der Waals surface area contributed by atoms with E-state index in [0.29, 0.717) is 0 Å². The number of hydrogen-bond acceptors (Lipinski definition) is 4. The fourth-order valence-electron chi connectivity index (χ4n) is 9.47. The van der Waals surface area contributed by atoms with E-state index in [4.69, 9.17) is 34.4 Å². The van der Waals surface area contributed by atoms with Gasteiger partial charge in [-0.1, -0.05) is 0 Å². The number of hydrogen-bond donors (Lipinski definition) is 0. The van der Waals surface area contributed by atoms with Gasteiger partial charge in [0.05, 0.1) is 0 Å². The molecule has 0 amide bonds. The molecule has 2 nitrogen and oxygen atoms in total. The first kappa shape index (κ1) is 40.4. The van der Waals surface area contributed by atoms with Crippen LogP contribution in [0.1, 0.15) is 49.9 Å². The van der Waals surface area contributed by atoms with Crippen LogP contribution in [-0.2, 0) is 21.3 Å². The summed E-state index contributed by atoms with van der Waals surface area (Å²) in [6.45, 7) is 9.38. The molecule has 0 radical (unpaired) electrons. The van der Waals surface area contributed by atoms with Crippen molar-refractivity contribution < 1.29 is 46.1 Å². The molecule has 0 saturated carbocycles. The Morgan fingerprint density at radius 2 is 0.897 bits per heavy atom. The molecule has 2 unspecified atom stereocenters. The zero-order valence-corrected chi connectivity index (χ0v) is 38.1. The van der Waals surface area contributed by atoms with Crippen LogP contribution in [0.5, 0.6) is 0 Å². The average molecular weight is 905 g/mol. The predicted molar refractivity (Wildman–Crippen MR) is 240 cm³/mol. The van der Waals surface area contributed by atoms with E-state index in [-0.39, 0.29) is 36.6 Å². The van der Waals surface area contributed by atoms with E-state index in [1.54, 1.807) is 6.56 Å². The first-order valence-electron chi connectivity index (χ1n) is 19.2. The minimum Gasteiger partial charge on any atom is -1.00 e. The third-order valence-corrected chi connectivity index (χ3v) is 21.4. The first-order valence-corrected chi connectivity index (χ1v) is 23.7. The molecule has 0 saturated heterocycles. The van der Waals surface area contributed by atoms with Gasteiger partial charge in [-0.05, 0) is 0 Å². The Bertz CT molecular complexity index is 2790. The minimum atomic E-state index is -2.95. The van der Waals surface area contributed by atoms with E-state index >= 15 is 0 Å². The molecule has 58 heavy (non-hydrogen) atoms. The van der Waals surface area contributed by atoms with Crippen LogP contribution < -0.4 is 24.8 Å². The molecule has 2 atom stereocenters. The summed E-state index contributed by atoms with van der Waals surface area (Å²) in [4.78, 5) is 11.8. The number of fused-ring (bicyclic) bond motifs is 4. The molecule has 4 aliphatic rings. The third kappa shape index (κ3) is 6.42. The molecule has 6 aromatic rings. The fourth-order valence-corrected chi connectivity index (χ4v) is 19.3. The molecular formula is C51H38Cl2N2S2Zr. The van der Waals surface area contributed by atoms with Crippen molar-refractivity contribution >= 4 is 81.5 Å². The van der Waals surface area contributed by atoms with E-state index in [9.17, 15) is 0 Å². The van der Waals surface area contributed by atoms with Crippen LogP contribution in [0, 0.1) is 11.8 Å². The Balaban J connectivity index is 0.00000235. The van der Waals surface area contributed by atoms with Crippen molar-refractivity contribution in [2.75, 3.05) is 0 Å². The van der Waals surface area contributed by atoms with Gasteiger partial charge in [-0.15, -0.1) is 0 Å². The molecule has 2 aromatic heterocycles. The second-order valence-corrected chi connectivity index (χ2v) is 23.2. The fraction of sp³-hybridized carbons (Fsp3) is 0.118. The van der Waals surface area contributed by atoms with Crippen molar-refractivity contribution in [3.63, 3.8) is 0 Å². The number of halogens is 2. The standard InChI is InChI=1S/2C24H16NS.C3H6.2ClH.Zr/c2*1-15-11-21-19(16-7-3-2-4-8-16)13-20(23(21)24(15)26)18-12-17-9-5-6-10-22(17)25-14-18;1-3-2;;;/h2*2-10,12-14,21H,1H3;1-2H3;2*1H;/q;;;;;+2/p-2. The Morgan fingerprint density at radius 1 is 0.517 bits per heavy atom. The van der Waals surface area contributed by atoms with Crippen LogP contribution in [0.3, 0.4) is 0 Å². The van der Waals surface area contributed by atoms with Gasteiger partial charge in [-0.2, -0.15) is 0 Å². The maximum atomic E-state index is 6.56. The van der Waals surface area contributed by atoms with Crippen molar-refractivity contribution in [3.05, 3.63) is 197 Å². The number of aromatic nitrogens is 2. The Kier molecular flexibility index (Phi) is 11.2. The Labute approximate surface area is 370 Å². The van der Waals surface area contributed by atoms with Gasteiger partial charge in [-0.3, -0.25) is 0 Å². The largest absolute Gasteiger partial charge is 1.00 e. The summed E-state index contributed by atoms with van der Waals surface area (Å²) < 4.78 is 4.67. The quantitative estimate of drug-likeness (QED) is 0.177. The van der Waals surface area contributed by atoms with E-state index < -0.39 is 21.3 Å². The molecule has 10 rings (SSSR count). The summed E-state index contributed by atoms with van der Waals surface area (Å²) in [5.74, 6) is 0.180. The van der Waals surface area contributed by atoms with Gasteiger partial charge in [0.25, 0.3) is 0 Å². The number of benzene rings is 4. The molecule has 4 aliphatic carbocycles. The predicted octanol–water partition coefficient (Wildman–Crippen LogP) is 6.57. The second-order valence-electron chi connectivity index (χ2n) is 15.4. The molecule has 0 aliphatic heterocycles. The molecule has 0 spiro atoms. The normalized spacial score (nSPS) is 18.3. The van der Waals surface area contributed by atoms with Crippen LogP contribution in [-0.4, -0.2) is 22.9 Å². The number of pyridine rings is 2. The maximum Gasteiger partial charge on any atom is -1.00 e. The Morgan fingerprint density at radius 3 is 1.29 bits per heavy atom. The zero-order valence-electron chi connectivity index (χ0n) is 32.5. The minimum absolute atomic E-state index is 0. The monoisotopic (exact) mass is 902 g/mol. The smallest absolute Gasteiger partial charge is 1.00 e. The molecule has 2 heterocycles. The van der Waals surface area contributed by atoms with Gasteiger partial charge in [0.1, 0.15) is 0 Å². The average Bonchev–Trinajstić information content (AvgIpc) is 3.95. The first-order chi connectivity index (χ1) is 27.3. The van der Waals surface area contributed by atoms with Gasteiger partial charge in [0.2, 0.25) is 0 Å². The van der Waals surface area contributed by atoms with Crippen LogP contribution >= 0.6 is 24.4 Å². The van der Waals surface area contributed by atoms with Gasteiger partial charge < -0.3 is 24.8 Å². The van der Waals surface area contributed by atoms with E-state index in [1.165, 1.54) is 58.9 Å². The SMILES string of the molecule is CC1=[C]([Zr+2]([C]2=C(C)C(=S)C3=C(c4cnc5ccccc5c4)C=C(c4ccccc4)C32)=[C](C)C)C2C(c3ccccc3)=CC(c3cnc4ccccc4c3)=C2C1=S.[Cl-].[Cl-]. The van der Waals surface area contributed by atoms with Crippen molar-refractivity contribution in [1.29, 1.82) is 0 Å². The molecular weight excluding hydrogens is 867 g/mol. The molecule has 7 heteroatoms. The number of allylic oxidation sites excluding steroid dienone is 12. The van der Waals surface area contributed by atoms with Gasteiger partial charge >= 0.3 is 349 Å². The summed E-state index contributed by atoms with van der Waals surface area (Å²) >= 11 is 10.2. The number of para-hydroxylation sites is 2. The van der Waals surface area contributed by atoms with E-state index in [0.717, 1.165) is 42.7 Å². The van der Waals surface area contributed by atoms with Gasteiger partial charge in [0.15, 0.2) is 0 Å². The number of nitrogens with zero attached hydrogens (tertiary/aromatic N) is 2. The van der Waals surface area contributed by atoms with E-state index in [1.807, 2.05) is 24.5 Å². The van der Waals surface area contributed by atoms with Crippen molar-refractivity contribution in [2.45, 2.75) is 27.7 Å². The van der Waals surface area contributed by atoms with Crippen LogP contribution in [0.25, 0.3) is 44.1 Å². The summed E-state index contributed by atoms with van der Waals surface area (Å²) in [6.07, 6.45) is 8.92. The summed E-state index contributed by atoms with van der Waals surface area (Å²) in [5.41, 5.74) is 16.9.